The number of hydrogen-bond acceptors (Lipinski definition) is 3. The van der Waals surface area contributed by atoms with Crippen molar-refractivity contribution in [1.29, 1.82) is 0 Å². The minimum atomic E-state index is 0.575. The summed E-state index contributed by atoms with van der Waals surface area (Å²) in [5.74, 6) is 0.704. The van der Waals surface area contributed by atoms with E-state index in [0.717, 1.165) is 24.7 Å². The van der Waals surface area contributed by atoms with E-state index in [0.29, 0.717) is 18.0 Å². The Bertz CT molecular complexity index is 424. The van der Waals surface area contributed by atoms with Crippen LogP contribution in [0.1, 0.15) is 39.2 Å². The van der Waals surface area contributed by atoms with E-state index in [9.17, 15) is 0 Å². The van der Waals surface area contributed by atoms with Gasteiger partial charge in [0.05, 0.1) is 5.02 Å². The summed E-state index contributed by atoms with van der Waals surface area (Å²) < 4.78 is 0. The van der Waals surface area contributed by atoms with Crippen LogP contribution >= 0.6 is 11.6 Å². The molecular weight excluding hydrogens is 270 g/mol. The van der Waals surface area contributed by atoms with Gasteiger partial charge in [0.2, 0.25) is 0 Å². The molecule has 2 rings (SSSR count). The maximum atomic E-state index is 6.25. The molecule has 1 N–H and O–H groups in total. The third kappa shape index (κ3) is 3.94. The number of hydrogen-bond donors (Lipinski definition) is 1. The van der Waals surface area contributed by atoms with Gasteiger partial charge >= 0.3 is 0 Å². The van der Waals surface area contributed by atoms with Gasteiger partial charge in [-0.2, -0.15) is 0 Å². The fourth-order valence-electron chi connectivity index (χ4n) is 2.79. The largest absolute Gasteiger partial charge is 0.312 e. The molecule has 0 bridgehead atoms. The van der Waals surface area contributed by atoms with Crippen LogP contribution in [0.25, 0.3) is 0 Å². The number of rotatable bonds is 4. The van der Waals surface area contributed by atoms with E-state index in [1.165, 1.54) is 18.4 Å². The number of aromatic nitrogens is 1. The van der Waals surface area contributed by atoms with E-state index in [2.05, 4.69) is 36.0 Å². The predicted octanol–water partition coefficient (Wildman–Crippen LogP) is 3.33. The van der Waals surface area contributed by atoms with Gasteiger partial charge in [0.25, 0.3) is 0 Å². The molecule has 1 aromatic heterocycles. The van der Waals surface area contributed by atoms with Crippen LogP contribution in [-0.2, 0) is 6.54 Å². The van der Waals surface area contributed by atoms with Crippen molar-refractivity contribution < 1.29 is 0 Å². The highest BCUT2D eigenvalue weighted by atomic mass is 35.5. The van der Waals surface area contributed by atoms with Gasteiger partial charge in [0.1, 0.15) is 0 Å². The fraction of sp³-hybridized carbons (Fsp3) is 0.688. The molecule has 1 fully saturated rings. The van der Waals surface area contributed by atoms with Gasteiger partial charge in [0, 0.05) is 37.6 Å². The lowest BCUT2D eigenvalue weighted by Gasteiger charge is -2.31. The van der Waals surface area contributed by atoms with Gasteiger partial charge in [-0.1, -0.05) is 31.9 Å². The highest BCUT2D eigenvalue weighted by Crippen LogP contribution is 2.21. The number of nitrogens with zero attached hydrogens (tertiary/aromatic N) is 2. The maximum Gasteiger partial charge on any atom is 0.0634 e. The summed E-state index contributed by atoms with van der Waals surface area (Å²) in [6.07, 6.45) is 5.98. The Kier molecular flexibility index (Phi) is 5.82. The molecule has 2 heterocycles. The van der Waals surface area contributed by atoms with Crippen molar-refractivity contribution in [2.24, 2.45) is 5.92 Å². The molecule has 1 saturated heterocycles. The monoisotopic (exact) mass is 295 g/mol. The van der Waals surface area contributed by atoms with Gasteiger partial charge in [0.15, 0.2) is 0 Å². The first-order valence-corrected chi connectivity index (χ1v) is 8.05. The molecule has 20 heavy (non-hydrogen) atoms. The summed E-state index contributed by atoms with van der Waals surface area (Å²) in [7, 11) is 0. The third-order valence-corrected chi connectivity index (χ3v) is 4.92. The van der Waals surface area contributed by atoms with Crippen molar-refractivity contribution in [3.8, 4) is 0 Å². The zero-order chi connectivity index (χ0) is 14.5. The Labute approximate surface area is 127 Å². The summed E-state index contributed by atoms with van der Waals surface area (Å²) in [5, 5.41) is 4.48. The molecule has 1 aliphatic heterocycles. The molecule has 0 spiro atoms. The second-order valence-corrected chi connectivity index (χ2v) is 6.39. The van der Waals surface area contributed by atoms with Crippen molar-refractivity contribution >= 4 is 11.6 Å². The van der Waals surface area contributed by atoms with Crippen molar-refractivity contribution in [2.45, 2.75) is 52.2 Å². The molecule has 3 nitrogen and oxygen atoms in total. The molecule has 0 aromatic carbocycles. The van der Waals surface area contributed by atoms with Crippen molar-refractivity contribution in [1.82, 2.24) is 15.2 Å². The summed E-state index contributed by atoms with van der Waals surface area (Å²) in [4.78, 5) is 6.62. The molecular formula is C16H26ClN3. The first-order chi connectivity index (χ1) is 9.61. The van der Waals surface area contributed by atoms with Crippen LogP contribution in [0.2, 0.25) is 5.02 Å². The summed E-state index contributed by atoms with van der Waals surface area (Å²) in [6.45, 7) is 10.0. The molecule has 0 aliphatic carbocycles. The van der Waals surface area contributed by atoms with Crippen molar-refractivity contribution in [2.75, 3.05) is 13.1 Å². The molecule has 4 heteroatoms. The smallest absolute Gasteiger partial charge is 0.0634 e. The first kappa shape index (κ1) is 15.7. The van der Waals surface area contributed by atoms with Crippen LogP contribution in [0.15, 0.2) is 18.5 Å². The maximum absolute atomic E-state index is 6.25. The normalized spacial score (nSPS) is 26.2. The lowest BCUT2D eigenvalue weighted by Crippen LogP contribution is -2.43. The first-order valence-electron chi connectivity index (χ1n) is 7.67. The van der Waals surface area contributed by atoms with Gasteiger partial charge in [-0.05, 0) is 37.4 Å². The summed E-state index contributed by atoms with van der Waals surface area (Å²) in [6, 6.07) is 3.19. The summed E-state index contributed by atoms with van der Waals surface area (Å²) >= 11 is 6.25. The quantitative estimate of drug-likeness (QED) is 0.923. The average molecular weight is 296 g/mol. The average Bonchev–Trinajstić information content (AvgIpc) is 2.63. The third-order valence-electron chi connectivity index (χ3n) is 4.58. The van der Waals surface area contributed by atoms with Crippen LogP contribution < -0.4 is 5.32 Å². The zero-order valence-electron chi connectivity index (χ0n) is 12.8. The topological polar surface area (TPSA) is 28.2 Å². The Morgan fingerprint density at radius 1 is 1.55 bits per heavy atom. The minimum absolute atomic E-state index is 0.575. The highest BCUT2D eigenvalue weighted by Gasteiger charge is 2.26. The number of nitrogens with one attached hydrogen (secondary N) is 1. The fourth-order valence-corrected chi connectivity index (χ4v) is 2.97. The van der Waals surface area contributed by atoms with Crippen LogP contribution in [0, 0.1) is 5.92 Å². The van der Waals surface area contributed by atoms with Gasteiger partial charge in [-0.15, -0.1) is 0 Å². The Morgan fingerprint density at radius 2 is 2.35 bits per heavy atom. The van der Waals surface area contributed by atoms with Gasteiger partial charge in [-0.25, -0.2) is 0 Å². The van der Waals surface area contributed by atoms with Crippen molar-refractivity contribution in [3.05, 3.63) is 29.0 Å². The summed E-state index contributed by atoms with van der Waals surface area (Å²) in [5.41, 5.74) is 1.18. The SMILES string of the molecule is CCC(C)C1CN(Cc2ccncc2Cl)C(C)CCN1. The van der Waals surface area contributed by atoms with E-state index in [1.807, 2.05) is 12.3 Å². The molecule has 0 amide bonds. The second kappa shape index (κ2) is 7.39. The number of pyridine rings is 1. The van der Waals surface area contributed by atoms with E-state index in [1.54, 1.807) is 6.20 Å². The van der Waals surface area contributed by atoms with Crippen LogP contribution in [0.3, 0.4) is 0 Å². The molecule has 3 atom stereocenters. The molecule has 112 valence electrons. The van der Waals surface area contributed by atoms with Gasteiger partial charge in [-0.3, -0.25) is 9.88 Å². The predicted molar refractivity (Wildman–Crippen MR) is 85.0 cm³/mol. The molecule has 0 saturated carbocycles. The molecule has 1 aliphatic rings. The van der Waals surface area contributed by atoms with E-state index in [-0.39, 0.29) is 0 Å². The minimum Gasteiger partial charge on any atom is -0.312 e. The van der Waals surface area contributed by atoms with Gasteiger partial charge < -0.3 is 5.32 Å². The molecule has 3 unspecified atom stereocenters. The Balaban J connectivity index is 2.09. The molecule has 1 aromatic rings. The van der Waals surface area contributed by atoms with E-state index in [4.69, 9.17) is 11.6 Å². The number of halogens is 1. The Morgan fingerprint density at radius 3 is 3.05 bits per heavy atom. The highest BCUT2D eigenvalue weighted by molar-refractivity contribution is 6.31. The molecule has 0 radical (unpaired) electrons. The van der Waals surface area contributed by atoms with Crippen molar-refractivity contribution in [3.63, 3.8) is 0 Å². The lowest BCUT2D eigenvalue weighted by molar-refractivity contribution is 0.180. The van der Waals surface area contributed by atoms with Crippen LogP contribution in [0.4, 0.5) is 0 Å². The standard InChI is InChI=1S/C16H26ClN3/c1-4-12(2)16-11-20(13(3)5-8-19-16)10-14-6-7-18-9-15(14)17/h6-7,9,12-13,16,19H,4-5,8,10-11H2,1-3H3. The van der Waals surface area contributed by atoms with Crippen LogP contribution in [-0.4, -0.2) is 35.1 Å². The van der Waals surface area contributed by atoms with Crippen LogP contribution in [0.5, 0.6) is 0 Å². The van der Waals surface area contributed by atoms with E-state index >= 15 is 0 Å². The Hall–Kier alpha value is -0.640. The zero-order valence-corrected chi connectivity index (χ0v) is 13.5. The second-order valence-electron chi connectivity index (χ2n) is 5.98. The lowest BCUT2D eigenvalue weighted by atomic mass is 9.98. The van der Waals surface area contributed by atoms with E-state index < -0.39 is 0 Å².